The largest absolute Gasteiger partial charge is 0.416 e. The van der Waals surface area contributed by atoms with Crippen molar-refractivity contribution in [2.24, 2.45) is 0 Å². The van der Waals surface area contributed by atoms with E-state index in [1.807, 2.05) is 12.1 Å². The molecule has 0 radical (unpaired) electrons. The minimum atomic E-state index is -4.64. The first-order valence-corrected chi connectivity index (χ1v) is 8.79. The van der Waals surface area contributed by atoms with Crippen LogP contribution in [0.4, 0.5) is 29.3 Å². The molecule has 0 saturated carbocycles. The summed E-state index contributed by atoms with van der Waals surface area (Å²) in [6, 6.07) is 11.9. The minimum absolute atomic E-state index is 0.0917. The highest BCUT2D eigenvalue weighted by Gasteiger charge is 2.42. The number of amides is 2. The molecule has 9 heteroatoms. The van der Waals surface area contributed by atoms with Crippen molar-refractivity contribution in [3.63, 3.8) is 0 Å². The maximum absolute atomic E-state index is 13.2. The first-order chi connectivity index (χ1) is 14.3. The van der Waals surface area contributed by atoms with E-state index >= 15 is 0 Å². The van der Waals surface area contributed by atoms with Gasteiger partial charge in [-0.1, -0.05) is 24.3 Å². The average molecular weight is 407 g/mol. The third-order valence-electron chi connectivity index (χ3n) is 4.90. The molecule has 1 aliphatic heterocycles. The standard InChI is InChI=1S/C21H12F3N5O/c22-21(23,24)15-6-5-13(8-25)18(7-15)28-12-16(9-26)29(20(28)30)19-11-27-10-14-3-1-2-4-17(14)19/h1-7,10-11,16H,12H2/t16-/m0/s1. The van der Waals surface area contributed by atoms with Gasteiger partial charge in [0.25, 0.3) is 0 Å². The molecule has 148 valence electrons. The van der Waals surface area contributed by atoms with Crippen molar-refractivity contribution in [1.29, 1.82) is 10.5 Å². The molecule has 1 aliphatic rings. The molecular formula is C21H12F3N5O. The molecule has 0 N–H and O–H groups in total. The number of pyridine rings is 1. The van der Waals surface area contributed by atoms with Gasteiger partial charge in [0, 0.05) is 17.0 Å². The van der Waals surface area contributed by atoms with E-state index < -0.39 is 23.8 Å². The maximum Gasteiger partial charge on any atom is 0.416 e. The maximum atomic E-state index is 13.2. The number of halogens is 3. The summed E-state index contributed by atoms with van der Waals surface area (Å²) in [4.78, 5) is 19.6. The van der Waals surface area contributed by atoms with Crippen LogP contribution < -0.4 is 9.80 Å². The Kier molecular flexibility index (Phi) is 4.52. The monoisotopic (exact) mass is 407 g/mol. The van der Waals surface area contributed by atoms with Crippen LogP contribution in [0.5, 0.6) is 0 Å². The van der Waals surface area contributed by atoms with Gasteiger partial charge in [0.05, 0.1) is 41.3 Å². The van der Waals surface area contributed by atoms with E-state index in [1.54, 1.807) is 30.5 Å². The predicted molar refractivity (Wildman–Crippen MR) is 103 cm³/mol. The average Bonchev–Trinajstić information content (AvgIpc) is 3.08. The van der Waals surface area contributed by atoms with Crippen LogP contribution in [-0.2, 0) is 6.18 Å². The normalized spacial score (nSPS) is 16.6. The van der Waals surface area contributed by atoms with Crippen LogP contribution in [-0.4, -0.2) is 23.6 Å². The Bertz CT molecular complexity index is 1240. The summed E-state index contributed by atoms with van der Waals surface area (Å²) in [5.41, 5.74) is -0.889. The second-order valence-electron chi connectivity index (χ2n) is 6.63. The zero-order valence-corrected chi connectivity index (χ0v) is 15.3. The second-order valence-corrected chi connectivity index (χ2v) is 6.63. The Morgan fingerprint density at radius 1 is 1.07 bits per heavy atom. The molecule has 1 saturated heterocycles. The summed E-state index contributed by atoms with van der Waals surface area (Å²) in [7, 11) is 0. The lowest BCUT2D eigenvalue weighted by Gasteiger charge is -2.22. The van der Waals surface area contributed by atoms with Crippen molar-refractivity contribution < 1.29 is 18.0 Å². The number of rotatable bonds is 2. The third kappa shape index (κ3) is 3.07. The minimum Gasteiger partial charge on any atom is -0.289 e. The van der Waals surface area contributed by atoms with Crippen LogP contribution in [0.2, 0.25) is 0 Å². The van der Waals surface area contributed by atoms with Crippen LogP contribution in [0.15, 0.2) is 54.9 Å². The highest BCUT2D eigenvalue weighted by atomic mass is 19.4. The molecule has 3 aromatic rings. The molecule has 2 amide bonds. The number of hydrogen-bond donors (Lipinski definition) is 0. The second kappa shape index (κ2) is 7.05. The number of anilines is 2. The Hall–Kier alpha value is -4.11. The number of nitrogens with zero attached hydrogens (tertiary/aromatic N) is 5. The zero-order chi connectivity index (χ0) is 21.5. The fourth-order valence-electron chi connectivity index (χ4n) is 3.49. The first kappa shape index (κ1) is 19.2. The number of urea groups is 1. The summed E-state index contributed by atoms with van der Waals surface area (Å²) in [6.45, 7) is -0.186. The Balaban J connectivity index is 1.84. The van der Waals surface area contributed by atoms with Gasteiger partial charge in [0.1, 0.15) is 12.1 Å². The molecule has 1 atom stereocenters. The Labute approximate surface area is 169 Å². The number of alkyl halides is 3. The number of benzene rings is 2. The summed E-state index contributed by atoms with van der Waals surface area (Å²) in [5, 5.41) is 20.4. The van der Waals surface area contributed by atoms with Gasteiger partial charge in [-0.25, -0.2) is 4.79 Å². The molecule has 0 bridgehead atoms. The lowest BCUT2D eigenvalue weighted by Crippen LogP contribution is -2.35. The van der Waals surface area contributed by atoms with E-state index in [9.17, 15) is 28.5 Å². The van der Waals surface area contributed by atoms with E-state index in [4.69, 9.17) is 0 Å². The number of carbonyl (C=O) groups is 1. The van der Waals surface area contributed by atoms with Gasteiger partial charge in [0.2, 0.25) is 0 Å². The predicted octanol–water partition coefficient (Wildman–Crippen LogP) is 4.46. The summed E-state index contributed by atoms with van der Waals surface area (Å²) in [6.07, 6.45) is -1.59. The molecule has 2 heterocycles. The van der Waals surface area contributed by atoms with Crippen LogP contribution in [0.25, 0.3) is 10.8 Å². The van der Waals surface area contributed by atoms with E-state index in [1.165, 1.54) is 11.1 Å². The molecule has 1 fully saturated rings. The van der Waals surface area contributed by atoms with Crippen molar-refractivity contribution in [2.75, 3.05) is 16.3 Å². The summed E-state index contributed by atoms with van der Waals surface area (Å²) >= 11 is 0. The van der Waals surface area contributed by atoms with Crippen LogP contribution in [0, 0.1) is 22.7 Å². The highest BCUT2D eigenvalue weighted by Crippen LogP contribution is 2.37. The van der Waals surface area contributed by atoms with Crippen LogP contribution in [0.1, 0.15) is 11.1 Å². The topological polar surface area (TPSA) is 84.0 Å². The smallest absolute Gasteiger partial charge is 0.289 e. The molecular weight excluding hydrogens is 395 g/mol. The summed E-state index contributed by atoms with van der Waals surface area (Å²) < 4.78 is 39.6. The van der Waals surface area contributed by atoms with Gasteiger partial charge < -0.3 is 0 Å². The van der Waals surface area contributed by atoms with E-state index in [0.717, 1.165) is 28.5 Å². The van der Waals surface area contributed by atoms with Gasteiger partial charge in [0.15, 0.2) is 0 Å². The molecule has 0 aliphatic carbocycles. The fourth-order valence-corrected chi connectivity index (χ4v) is 3.49. The number of fused-ring (bicyclic) bond motifs is 1. The van der Waals surface area contributed by atoms with E-state index in [0.29, 0.717) is 11.1 Å². The lowest BCUT2D eigenvalue weighted by molar-refractivity contribution is -0.137. The number of hydrogen-bond acceptors (Lipinski definition) is 4. The van der Waals surface area contributed by atoms with Gasteiger partial charge in [-0.2, -0.15) is 23.7 Å². The van der Waals surface area contributed by atoms with Crippen molar-refractivity contribution in [3.05, 3.63) is 66.0 Å². The van der Waals surface area contributed by atoms with Gasteiger partial charge in [-0.15, -0.1) is 0 Å². The molecule has 30 heavy (non-hydrogen) atoms. The SMILES string of the molecule is N#Cc1ccc(C(F)(F)F)cc1N1C[C@H](C#N)N(c2cncc3ccccc23)C1=O. The fraction of sp³-hybridized carbons (Fsp3) is 0.143. The molecule has 0 unspecified atom stereocenters. The number of nitriles is 2. The lowest BCUT2D eigenvalue weighted by atomic mass is 10.1. The van der Waals surface area contributed by atoms with Gasteiger partial charge >= 0.3 is 12.2 Å². The third-order valence-corrected chi connectivity index (χ3v) is 4.90. The molecule has 2 aromatic carbocycles. The molecule has 0 spiro atoms. The quantitative estimate of drug-likeness (QED) is 0.628. The number of carbonyl (C=O) groups excluding carboxylic acids is 1. The van der Waals surface area contributed by atoms with Crippen molar-refractivity contribution in [2.45, 2.75) is 12.2 Å². The van der Waals surface area contributed by atoms with Crippen molar-refractivity contribution in [1.82, 2.24) is 4.98 Å². The van der Waals surface area contributed by atoms with Crippen molar-refractivity contribution in [3.8, 4) is 12.1 Å². The van der Waals surface area contributed by atoms with Crippen molar-refractivity contribution >= 4 is 28.2 Å². The van der Waals surface area contributed by atoms with E-state index in [-0.39, 0.29) is 17.8 Å². The first-order valence-electron chi connectivity index (χ1n) is 8.79. The zero-order valence-electron chi connectivity index (χ0n) is 15.3. The highest BCUT2D eigenvalue weighted by molar-refractivity contribution is 6.12. The summed E-state index contributed by atoms with van der Waals surface area (Å²) in [5.74, 6) is 0. The molecule has 1 aromatic heterocycles. The number of aromatic nitrogens is 1. The molecule has 6 nitrogen and oxygen atoms in total. The van der Waals surface area contributed by atoms with Gasteiger partial charge in [-0.3, -0.25) is 14.8 Å². The Morgan fingerprint density at radius 3 is 2.53 bits per heavy atom. The van der Waals surface area contributed by atoms with Gasteiger partial charge in [-0.05, 0) is 18.2 Å². The molecule has 4 rings (SSSR count). The van der Waals surface area contributed by atoms with Crippen LogP contribution >= 0.6 is 0 Å². The Morgan fingerprint density at radius 2 is 1.83 bits per heavy atom. The van der Waals surface area contributed by atoms with Crippen LogP contribution in [0.3, 0.4) is 0 Å². The van der Waals surface area contributed by atoms with E-state index in [2.05, 4.69) is 4.98 Å².